The van der Waals surface area contributed by atoms with Crippen molar-refractivity contribution in [2.75, 3.05) is 5.32 Å². The van der Waals surface area contributed by atoms with Gasteiger partial charge in [-0.25, -0.2) is 4.98 Å². The number of nitrogens with zero attached hydrogens (tertiary/aromatic N) is 1. The molecule has 3 nitrogen and oxygen atoms in total. The van der Waals surface area contributed by atoms with Gasteiger partial charge in [0.15, 0.2) is 5.13 Å². The number of halogens is 8. The van der Waals surface area contributed by atoms with Crippen LogP contribution >= 0.6 is 34.5 Å². The van der Waals surface area contributed by atoms with E-state index in [2.05, 4.69) is 10.3 Å². The molecule has 0 aliphatic heterocycles. The van der Waals surface area contributed by atoms with Gasteiger partial charge < -0.3 is 0 Å². The summed E-state index contributed by atoms with van der Waals surface area (Å²) in [6, 6.07) is 5.68. The Hall–Kier alpha value is -2.30. The quantitative estimate of drug-likeness (QED) is 0.328. The van der Waals surface area contributed by atoms with Crippen LogP contribution in [0.15, 0.2) is 36.4 Å². The van der Waals surface area contributed by atoms with Crippen LogP contribution in [0.2, 0.25) is 10.0 Å². The average molecular weight is 555 g/mol. The minimum Gasteiger partial charge on any atom is -0.298 e. The van der Waals surface area contributed by atoms with Crippen LogP contribution in [0.25, 0.3) is 0 Å². The molecule has 0 spiro atoms. The Morgan fingerprint density at radius 2 is 1.51 bits per heavy atom. The molecule has 188 valence electrons. The first-order valence-electron chi connectivity index (χ1n) is 10.00. The lowest BCUT2D eigenvalue weighted by molar-refractivity contribution is -0.143. The molecule has 0 saturated heterocycles. The molecule has 0 atom stereocenters. The fraction of sp³-hybridized carbons (Fsp3) is 0.304. The van der Waals surface area contributed by atoms with Crippen molar-refractivity contribution in [3.8, 4) is 0 Å². The van der Waals surface area contributed by atoms with Crippen LogP contribution in [0.3, 0.4) is 0 Å². The van der Waals surface area contributed by atoms with Gasteiger partial charge in [-0.2, -0.15) is 26.3 Å². The lowest BCUT2D eigenvalue weighted by atomic mass is 9.90. The Morgan fingerprint density at radius 3 is 2.00 bits per heavy atom. The van der Waals surface area contributed by atoms with Gasteiger partial charge in [-0.05, 0) is 35.9 Å². The van der Waals surface area contributed by atoms with E-state index in [-0.39, 0.29) is 11.2 Å². The van der Waals surface area contributed by atoms with E-state index >= 15 is 0 Å². The van der Waals surface area contributed by atoms with Gasteiger partial charge in [-0.1, -0.05) is 50.0 Å². The molecule has 3 aromatic rings. The van der Waals surface area contributed by atoms with Crippen LogP contribution in [-0.4, -0.2) is 10.9 Å². The number of amides is 1. The van der Waals surface area contributed by atoms with Gasteiger partial charge in [0.2, 0.25) is 0 Å². The maximum absolute atomic E-state index is 13.1. The molecule has 0 aliphatic carbocycles. The van der Waals surface area contributed by atoms with Gasteiger partial charge in [0, 0.05) is 32.3 Å². The van der Waals surface area contributed by atoms with Crippen molar-refractivity contribution in [3.63, 3.8) is 0 Å². The molecule has 0 fully saturated rings. The highest BCUT2D eigenvalue weighted by Crippen LogP contribution is 2.38. The van der Waals surface area contributed by atoms with Crippen LogP contribution < -0.4 is 5.32 Å². The summed E-state index contributed by atoms with van der Waals surface area (Å²) in [5.74, 6) is -1.15. The van der Waals surface area contributed by atoms with E-state index in [4.69, 9.17) is 23.2 Å². The van der Waals surface area contributed by atoms with Gasteiger partial charge in [0.05, 0.1) is 16.8 Å². The number of nitrogens with one attached hydrogen (secondary N) is 1. The van der Waals surface area contributed by atoms with Crippen molar-refractivity contribution in [1.29, 1.82) is 0 Å². The molecule has 1 heterocycles. The fourth-order valence-corrected chi connectivity index (χ4v) is 4.87. The largest absolute Gasteiger partial charge is 0.416 e. The Kier molecular flexibility index (Phi) is 7.51. The van der Waals surface area contributed by atoms with Crippen molar-refractivity contribution in [1.82, 2.24) is 4.98 Å². The molecule has 12 heteroatoms. The molecule has 0 radical (unpaired) electrons. The molecule has 3 rings (SSSR count). The number of carbonyl (C=O) groups excluding carboxylic acids is 1. The Bertz CT molecular complexity index is 1230. The standard InChI is InChI=1S/C23H18Cl2F6N2OS/c1-21(2,3)18-17(8-11-4-5-15(24)10-16(11)25)35-20(32-18)33-19(34)12-6-13(22(26,27)28)9-14(7-12)23(29,30)31/h4-7,9-10H,8H2,1-3H3,(H,32,33,34). The van der Waals surface area contributed by atoms with Crippen LogP contribution in [0.4, 0.5) is 31.5 Å². The van der Waals surface area contributed by atoms with Gasteiger partial charge in [-0.3, -0.25) is 10.1 Å². The van der Waals surface area contributed by atoms with Gasteiger partial charge in [0.1, 0.15) is 0 Å². The lowest BCUT2D eigenvalue weighted by Crippen LogP contribution is -2.18. The highest BCUT2D eigenvalue weighted by atomic mass is 35.5. The van der Waals surface area contributed by atoms with E-state index in [1.54, 1.807) is 18.2 Å². The summed E-state index contributed by atoms with van der Waals surface area (Å²) in [6.45, 7) is 5.63. The molecule has 1 aromatic heterocycles. The maximum Gasteiger partial charge on any atom is 0.416 e. The summed E-state index contributed by atoms with van der Waals surface area (Å²) in [5.41, 5.74) is -3.09. The molecule has 0 aliphatic rings. The van der Waals surface area contributed by atoms with Gasteiger partial charge >= 0.3 is 12.4 Å². The minimum absolute atomic E-state index is 0.0333. The molecule has 1 amide bonds. The zero-order valence-electron chi connectivity index (χ0n) is 18.5. The summed E-state index contributed by atoms with van der Waals surface area (Å²) in [7, 11) is 0. The topological polar surface area (TPSA) is 42.0 Å². The number of carbonyl (C=O) groups is 1. The minimum atomic E-state index is -5.07. The zero-order valence-corrected chi connectivity index (χ0v) is 20.8. The van der Waals surface area contributed by atoms with E-state index in [0.29, 0.717) is 34.3 Å². The zero-order chi connectivity index (χ0) is 26.3. The van der Waals surface area contributed by atoms with Gasteiger partial charge in [0.25, 0.3) is 5.91 Å². The molecule has 0 unspecified atom stereocenters. The third-order valence-corrected chi connectivity index (χ3v) is 6.40. The number of aromatic nitrogens is 1. The summed E-state index contributed by atoms with van der Waals surface area (Å²) in [4.78, 5) is 17.8. The molecule has 0 saturated carbocycles. The number of benzene rings is 2. The normalized spacial score (nSPS) is 12.7. The molecular weight excluding hydrogens is 537 g/mol. The van der Waals surface area contributed by atoms with E-state index in [1.807, 2.05) is 20.8 Å². The second-order valence-corrected chi connectivity index (χ2v) is 10.6. The number of hydrogen-bond acceptors (Lipinski definition) is 3. The smallest absolute Gasteiger partial charge is 0.298 e. The third kappa shape index (κ3) is 6.68. The summed E-state index contributed by atoms with van der Waals surface area (Å²) < 4.78 is 78.9. The van der Waals surface area contributed by atoms with Crippen LogP contribution in [0.5, 0.6) is 0 Å². The number of rotatable bonds is 4. The summed E-state index contributed by atoms with van der Waals surface area (Å²) in [6.07, 6.45) is -9.80. The molecule has 0 bridgehead atoms. The van der Waals surface area contributed by atoms with E-state index in [1.165, 1.54) is 0 Å². The molecular formula is C23H18Cl2F6N2OS. The molecule has 2 aromatic carbocycles. The fourth-order valence-electron chi connectivity index (χ4n) is 3.20. The molecule has 35 heavy (non-hydrogen) atoms. The molecule has 1 N–H and O–H groups in total. The van der Waals surface area contributed by atoms with Gasteiger partial charge in [-0.15, -0.1) is 11.3 Å². The summed E-state index contributed by atoms with van der Waals surface area (Å²) >= 11 is 13.3. The highest BCUT2D eigenvalue weighted by molar-refractivity contribution is 7.16. The number of anilines is 1. The second kappa shape index (κ2) is 9.63. The van der Waals surface area contributed by atoms with Crippen molar-refractivity contribution in [2.45, 2.75) is 45.0 Å². The first kappa shape index (κ1) is 27.3. The lowest BCUT2D eigenvalue weighted by Gasteiger charge is -2.17. The van der Waals surface area contributed by atoms with Crippen molar-refractivity contribution >= 4 is 45.6 Å². The van der Waals surface area contributed by atoms with Crippen LogP contribution in [0, 0.1) is 0 Å². The monoisotopic (exact) mass is 554 g/mol. The number of alkyl halides is 6. The Balaban J connectivity index is 1.98. The summed E-state index contributed by atoms with van der Waals surface area (Å²) in [5, 5.41) is 3.24. The SMILES string of the molecule is CC(C)(C)c1nc(NC(=O)c2cc(C(F)(F)F)cc(C(F)(F)F)c2)sc1Cc1ccc(Cl)cc1Cl. The Labute approximate surface area is 211 Å². The second-order valence-electron chi connectivity index (χ2n) is 8.70. The van der Waals surface area contributed by atoms with Crippen LogP contribution in [-0.2, 0) is 24.2 Å². The number of thiazole rings is 1. The highest BCUT2D eigenvalue weighted by Gasteiger charge is 2.37. The average Bonchev–Trinajstić information content (AvgIpc) is 3.11. The first-order chi connectivity index (χ1) is 15.9. The van der Waals surface area contributed by atoms with E-state index in [0.717, 1.165) is 21.8 Å². The maximum atomic E-state index is 13.1. The Morgan fingerprint density at radius 1 is 0.943 bits per heavy atom. The van der Waals surface area contributed by atoms with Crippen LogP contribution in [0.1, 0.15) is 58.4 Å². The van der Waals surface area contributed by atoms with Crippen molar-refractivity contribution < 1.29 is 31.1 Å². The number of hydrogen-bond donors (Lipinski definition) is 1. The van der Waals surface area contributed by atoms with E-state index < -0.39 is 40.4 Å². The predicted octanol–water partition coefficient (Wildman–Crippen LogP) is 8.63. The first-order valence-corrected chi connectivity index (χ1v) is 11.6. The van der Waals surface area contributed by atoms with E-state index in [9.17, 15) is 31.1 Å². The van der Waals surface area contributed by atoms with Crippen molar-refractivity contribution in [3.05, 3.63) is 79.3 Å². The van der Waals surface area contributed by atoms with Crippen molar-refractivity contribution in [2.24, 2.45) is 0 Å². The third-order valence-electron chi connectivity index (χ3n) is 4.84. The predicted molar refractivity (Wildman–Crippen MR) is 124 cm³/mol.